The van der Waals surface area contributed by atoms with E-state index < -0.39 is 0 Å². The molecule has 0 amide bonds. The summed E-state index contributed by atoms with van der Waals surface area (Å²) < 4.78 is 0. The summed E-state index contributed by atoms with van der Waals surface area (Å²) in [6, 6.07) is 0. The topological polar surface area (TPSA) is 0 Å². The lowest BCUT2D eigenvalue weighted by atomic mass is 9.94. The molecule has 0 saturated heterocycles. The van der Waals surface area contributed by atoms with Crippen molar-refractivity contribution >= 4 is 17.4 Å². The van der Waals surface area contributed by atoms with Gasteiger partial charge < -0.3 is 0 Å². The fourth-order valence-corrected chi connectivity index (χ4v) is 1.50. The number of hydrogen-bond donors (Lipinski definition) is 0. The van der Waals surface area contributed by atoms with Crippen LogP contribution in [0.3, 0.4) is 0 Å². The van der Waals surface area contributed by atoms with E-state index in [1.807, 2.05) is 0 Å². The molecule has 0 bridgehead atoms. The lowest BCUT2D eigenvalue weighted by Gasteiger charge is -2.12. The second-order valence-corrected chi connectivity index (χ2v) is 4.35. The van der Waals surface area contributed by atoms with Gasteiger partial charge in [-0.05, 0) is 38.0 Å². The Morgan fingerprint density at radius 3 is 1.69 bits per heavy atom. The van der Waals surface area contributed by atoms with E-state index in [0.717, 1.165) is 18.3 Å². The Balaban J connectivity index is 0. The molecule has 0 aliphatic rings. The molecule has 1 radical (unpaired) electrons. The Kier molecular flexibility index (Phi) is 10.7. The standard InChI is InChI=1S/C12H23.Al.3H/c1-6-7-12(8-10(2)3)9-11(4)5;;;;/h7,10-11H,1,6,8-9H2,2-5H3;;;;. The summed E-state index contributed by atoms with van der Waals surface area (Å²) in [7, 11) is 0. The SMILES string of the molecule is [AlH3].[CH2]CC=C(CC(C)C)CC(C)C. The van der Waals surface area contributed by atoms with E-state index in [2.05, 4.69) is 40.7 Å². The molecule has 0 aromatic rings. The highest BCUT2D eigenvalue weighted by atomic mass is 27.0. The van der Waals surface area contributed by atoms with Crippen molar-refractivity contribution in [1.29, 1.82) is 0 Å². The van der Waals surface area contributed by atoms with Crippen molar-refractivity contribution in [3.63, 3.8) is 0 Å². The zero-order valence-electron chi connectivity index (χ0n) is 9.06. The van der Waals surface area contributed by atoms with E-state index in [-0.39, 0.29) is 17.4 Å². The Hall–Kier alpha value is 0.272. The molecule has 13 heavy (non-hydrogen) atoms. The zero-order valence-corrected chi connectivity index (χ0v) is 9.06. The van der Waals surface area contributed by atoms with E-state index in [0.29, 0.717) is 0 Å². The van der Waals surface area contributed by atoms with Crippen LogP contribution in [0.5, 0.6) is 0 Å². The third kappa shape index (κ3) is 10.2. The molecule has 77 valence electrons. The lowest BCUT2D eigenvalue weighted by Crippen LogP contribution is -1.96. The van der Waals surface area contributed by atoms with Crippen molar-refractivity contribution in [3.8, 4) is 0 Å². The first-order chi connectivity index (χ1) is 5.56. The van der Waals surface area contributed by atoms with Crippen LogP contribution >= 0.6 is 0 Å². The van der Waals surface area contributed by atoms with Crippen molar-refractivity contribution in [2.75, 3.05) is 0 Å². The maximum atomic E-state index is 3.86. The zero-order chi connectivity index (χ0) is 9.56. The van der Waals surface area contributed by atoms with Crippen LogP contribution in [0.4, 0.5) is 0 Å². The van der Waals surface area contributed by atoms with Gasteiger partial charge in [-0.15, -0.1) is 0 Å². The quantitative estimate of drug-likeness (QED) is 0.469. The summed E-state index contributed by atoms with van der Waals surface area (Å²) in [5, 5.41) is 0. The fraction of sp³-hybridized carbons (Fsp3) is 0.750. The molecule has 0 fully saturated rings. The molecule has 0 spiro atoms. The third-order valence-corrected chi connectivity index (χ3v) is 1.77. The van der Waals surface area contributed by atoms with Gasteiger partial charge in [0.25, 0.3) is 0 Å². The Morgan fingerprint density at radius 1 is 1.08 bits per heavy atom. The van der Waals surface area contributed by atoms with Gasteiger partial charge in [0.1, 0.15) is 0 Å². The highest BCUT2D eigenvalue weighted by molar-refractivity contribution is 5.75. The Morgan fingerprint density at radius 2 is 1.46 bits per heavy atom. The van der Waals surface area contributed by atoms with Crippen molar-refractivity contribution < 1.29 is 0 Å². The van der Waals surface area contributed by atoms with Gasteiger partial charge in [0.05, 0.1) is 0 Å². The van der Waals surface area contributed by atoms with E-state index in [4.69, 9.17) is 0 Å². The number of allylic oxidation sites excluding steroid dienone is 2. The minimum absolute atomic E-state index is 0. The number of hydrogen-bond acceptors (Lipinski definition) is 0. The average Bonchev–Trinajstić information content (AvgIpc) is 1.84. The summed E-state index contributed by atoms with van der Waals surface area (Å²) in [5.74, 6) is 1.56. The monoisotopic (exact) mass is 197 g/mol. The van der Waals surface area contributed by atoms with Crippen LogP contribution in [0.25, 0.3) is 0 Å². The van der Waals surface area contributed by atoms with Crippen molar-refractivity contribution in [2.45, 2.75) is 47.0 Å². The van der Waals surface area contributed by atoms with Crippen LogP contribution in [0.15, 0.2) is 11.6 Å². The van der Waals surface area contributed by atoms with Gasteiger partial charge in [0, 0.05) is 0 Å². The summed E-state index contributed by atoms with van der Waals surface area (Å²) in [4.78, 5) is 0. The largest absolute Gasteiger partial charge is 0.187 e. The molecule has 0 saturated carbocycles. The van der Waals surface area contributed by atoms with Gasteiger partial charge in [-0.1, -0.05) is 39.3 Å². The summed E-state index contributed by atoms with van der Waals surface area (Å²) >= 11 is 0. The molecular formula is C12H26Al. The molecular weight excluding hydrogens is 171 g/mol. The smallest absolute Gasteiger partial charge is 0.0853 e. The van der Waals surface area contributed by atoms with Gasteiger partial charge in [-0.2, -0.15) is 0 Å². The van der Waals surface area contributed by atoms with Crippen LogP contribution in [0.2, 0.25) is 0 Å². The Labute approximate surface area is 94.9 Å². The van der Waals surface area contributed by atoms with E-state index in [1.165, 1.54) is 12.8 Å². The molecule has 0 nitrogen and oxygen atoms in total. The summed E-state index contributed by atoms with van der Waals surface area (Å²) in [5.41, 5.74) is 1.59. The fourth-order valence-electron chi connectivity index (χ4n) is 1.50. The lowest BCUT2D eigenvalue weighted by molar-refractivity contribution is 0.569. The predicted molar refractivity (Wildman–Crippen MR) is 66.9 cm³/mol. The molecule has 0 heterocycles. The first-order valence-corrected chi connectivity index (χ1v) is 5.03. The first kappa shape index (κ1) is 15.7. The maximum absolute atomic E-state index is 3.86. The second-order valence-electron chi connectivity index (χ2n) is 4.35. The summed E-state index contributed by atoms with van der Waals surface area (Å²) in [6.45, 7) is 13.0. The van der Waals surface area contributed by atoms with Crippen molar-refractivity contribution in [1.82, 2.24) is 0 Å². The molecule has 0 aromatic heterocycles. The van der Waals surface area contributed by atoms with E-state index in [9.17, 15) is 0 Å². The molecule has 0 aliphatic heterocycles. The second kappa shape index (κ2) is 8.85. The number of rotatable bonds is 5. The molecule has 0 unspecified atom stereocenters. The van der Waals surface area contributed by atoms with Gasteiger partial charge in [0.15, 0.2) is 17.4 Å². The normalized spacial score (nSPS) is 10.1. The van der Waals surface area contributed by atoms with Gasteiger partial charge in [0.2, 0.25) is 0 Å². The molecule has 0 atom stereocenters. The van der Waals surface area contributed by atoms with Crippen molar-refractivity contribution in [2.24, 2.45) is 11.8 Å². The van der Waals surface area contributed by atoms with Gasteiger partial charge in [-0.25, -0.2) is 0 Å². The molecule has 0 aliphatic carbocycles. The van der Waals surface area contributed by atoms with Gasteiger partial charge in [-0.3, -0.25) is 0 Å². The molecule has 1 heteroatoms. The van der Waals surface area contributed by atoms with Gasteiger partial charge >= 0.3 is 0 Å². The molecule has 0 aromatic carbocycles. The average molecular weight is 197 g/mol. The highest BCUT2D eigenvalue weighted by Gasteiger charge is 2.03. The van der Waals surface area contributed by atoms with E-state index >= 15 is 0 Å². The molecule has 0 rings (SSSR count). The van der Waals surface area contributed by atoms with Crippen LogP contribution in [-0.2, 0) is 0 Å². The van der Waals surface area contributed by atoms with Crippen LogP contribution < -0.4 is 0 Å². The van der Waals surface area contributed by atoms with Crippen LogP contribution in [-0.4, -0.2) is 17.4 Å². The minimum atomic E-state index is 0. The summed E-state index contributed by atoms with van der Waals surface area (Å²) in [6.07, 6.45) is 5.72. The minimum Gasteiger partial charge on any atom is -0.0853 e. The third-order valence-electron chi connectivity index (χ3n) is 1.77. The predicted octanol–water partition coefficient (Wildman–Crippen LogP) is 3.05. The molecule has 0 N–H and O–H groups in total. The van der Waals surface area contributed by atoms with E-state index in [1.54, 1.807) is 5.57 Å². The maximum Gasteiger partial charge on any atom is 0.187 e. The first-order valence-electron chi connectivity index (χ1n) is 5.03. The highest BCUT2D eigenvalue weighted by Crippen LogP contribution is 2.19. The Bertz CT molecular complexity index is 122. The van der Waals surface area contributed by atoms with Crippen LogP contribution in [0.1, 0.15) is 47.0 Å². The van der Waals surface area contributed by atoms with Crippen molar-refractivity contribution in [3.05, 3.63) is 18.6 Å². The van der Waals surface area contributed by atoms with Crippen LogP contribution in [0, 0.1) is 18.8 Å².